The number of carbonyl (C=O) groups excluding carboxylic acids is 1. The van der Waals surface area contributed by atoms with Crippen molar-refractivity contribution in [2.45, 2.75) is 58.5 Å². The Balaban J connectivity index is 1.73. The molecule has 2 aliphatic rings. The molecule has 3 N–H and O–H groups in total. The van der Waals surface area contributed by atoms with Gasteiger partial charge in [-0.15, -0.1) is 0 Å². The third-order valence-corrected chi connectivity index (χ3v) is 6.08. The van der Waals surface area contributed by atoms with E-state index in [-0.39, 0.29) is 12.1 Å². The van der Waals surface area contributed by atoms with Gasteiger partial charge in [0.05, 0.1) is 37.7 Å². The minimum atomic E-state index is -0.689. The molecule has 0 aliphatic carbocycles. The van der Waals surface area contributed by atoms with Crippen LogP contribution in [0.3, 0.4) is 0 Å². The third-order valence-electron chi connectivity index (χ3n) is 6.08. The van der Waals surface area contributed by atoms with Crippen molar-refractivity contribution in [1.29, 1.82) is 0 Å². The van der Waals surface area contributed by atoms with Crippen LogP contribution in [0, 0.1) is 0 Å². The summed E-state index contributed by atoms with van der Waals surface area (Å²) in [5, 5.41) is 15.6. The Bertz CT molecular complexity index is 997. The highest BCUT2D eigenvalue weighted by Gasteiger charge is 2.42. The molecule has 9 heteroatoms. The number of amides is 2. The second kappa shape index (κ2) is 9.62. The molecule has 3 atom stereocenters. The van der Waals surface area contributed by atoms with Gasteiger partial charge in [-0.05, 0) is 52.0 Å². The van der Waals surface area contributed by atoms with Crippen molar-refractivity contribution < 1.29 is 19.4 Å². The van der Waals surface area contributed by atoms with Gasteiger partial charge < -0.3 is 30.1 Å². The van der Waals surface area contributed by atoms with E-state index in [2.05, 4.69) is 22.5 Å². The van der Waals surface area contributed by atoms with Crippen LogP contribution in [0.5, 0.6) is 0 Å². The Hall–Kier alpha value is -2.75. The van der Waals surface area contributed by atoms with Gasteiger partial charge in [0.2, 0.25) is 0 Å². The summed E-state index contributed by atoms with van der Waals surface area (Å²) in [6, 6.07) is 7.41. The summed E-state index contributed by atoms with van der Waals surface area (Å²) in [7, 11) is 0. The van der Waals surface area contributed by atoms with Gasteiger partial charge in [-0.25, -0.2) is 14.8 Å². The normalized spacial score (nSPS) is 23.2. The van der Waals surface area contributed by atoms with E-state index < -0.39 is 11.7 Å². The smallest absolute Gasteiger partial charge is 0.319 e. The number of fused-ring (bicyclic) bond motifs is 1. The van der Waals surface area contributed by atoms with Crippen molar-refractivity contribution in [2.75, 3.05) is 36.5 Å². The Morgan fingerprint density at radius 2 is 2.09 bits per heavy atom. The van der Waals surface area contributed by atoms with E-state index in [4.69, 9.17) is 19.4 Å². The molecule has 1 saturated heterocycles. The van der Waals surface area contributed by atoms with Crippen molar-refractivity contribution >= 4 is 17.5 Å². The number of rotatable bonds is 6. The second-order valence-electron chi connectivity index (χ2n) is 8.95. The van der Waals surface area contributed by atoms with Crippen molar-refractivity contribution in [1.82, 2.24) is 15.3 Å². The molecular weight excluding hydrogens is 422 g/mol. The first kappa shape index (κ1) is 23.4. The van der Waals surface area contributed by atoms with Crippen LogP contribution in [0.25, 0.3) is 11.4 Å². The van der Waals surface area contributed by atoms with Gasteiger partial charge in [0.15, 0.2) is 5.82 Å². The van der Waals surface area contributed by atoms with Gasteiger partial charge in [-0.3, -0.25) is 0 Å². The number of aliphatic hydroxyl groups excluding tert-OH is 1. The molecule has 2 amide bonds. The lowest BCUT2D eigenvalue weighted by molar-refractivity contribution is -0.0547. The third kappa shape index (κ3) is 4.95. The highest BCUT2D eigenvalue weighted by Crippen LogP contribution is 2.43. The fourth-order valence-corrected chi connectivity index (χ4v) is 4.51. The van der Waals surface area contributed by atoms with Crippen LogP contribution in [-0.2, 0) is 21.7 Å². The van der Waals surface area contributed by atoms with Gasteiger partial charge in [-0.2, -0.15) is 0 Å². The summed E-state index contributed by atoms with van der Waals surface area (Å²) < 4.78 is 11.8. The SMILES string of the molecule is CCNC(=O)Nc1ccc(-c2nc(N3CCOCC3C)c3c(n2)[C@](C)(CC(C)O)OC3)cc1. The summed E-state index contributed by atoms with van der Waals surface area (Å²) in [6.07, 6.45) is -0.0750. The molecule has 4 rings (SSSR count). The van der Waals surface area contributed by atoms with Crippen LogP contribution in [0.4, 0.5) is 16.3 Å². The van der Waals surface area contributed by atoms with Crippen molar-refractivity contribution in [3.8, 4) is 11.4 Å². The predicted molar refractivity (Wildman–Crippen MR) is 126 cm³/mol. The number of aromatic nitrogens is 2. The average Bonchev–Trinajstić information content (AvgIpc) is 3.10. The van der Waals surface area contributed by atoms with Crippen molar-refractivity contribution in [2.24, 2.45) is 0 Å². The monoisotopic (exact) mass is 455 g/mol. The zero-order chi connectivity index (χ0) is 23.6. The molecule has 1 aromatic heterocycles. The van der Waals surface area contributed by atoms with Crippen LogP contribution in [0.1, 0.15) is 45.4 Å². The fraction of sp³-hybridized carbons (Fsp3) is 0.542. The lowest BCUT2D eigenvalue weighted by Gasteiger charge is -2.35. The first-order chi connectivity index (χ1) is 15.8. The summed E-state index contributed by atoms with van der Waals surface area (Å²) >= 11 is 0. The zero-order valence-corrected chi connectivity index (χ0v) is 19.7. The average molecular weight is 456 g/mol. The van der Waals surface area contributed by atoms with E-state index in [1.807, 2.05) is 38.1 Å². The number of hydrogen-bond donors (Lipinski definition) is 3. The van der Waals surface area contributed by atoms with Crippen LogP contribution in [0.15, 0.2) is 24.3 Å². The standard InChI is InChI=1S/C24H33N5O4/c1-5-25-23(31)26-18-8-6-17(7-9-18)21-27-20-19(14-33-24(20,4)12-16(3)30)22(28-21)29-10-11-32-13-15(29)2/h6-9,15-16,30H,5,10-14H2,1-4H3,(H2,25,26,31)/t15?,16?,24-/m0/s1. The van der Waals surface area contributed by atoms with E-state index in [0.717, 1.165) is 29.2 Å². The molecule has 0 radical (unpaired) electrons. The summed E-state index contributed by atoms with van der Waals surface area (Å²) in [4.78, 5) is 24.0. The van der Waals surface area contributed by atoms with E-state index >= 15 is 0 Å². The maximum Gasteiger partial charge on any atom is 0.319 e. The minimum Gasteiger partial charge on any atom is -0.393 e. The highest BCUT2D eigenvalue weighted by atomic mass is 16.5. The predicted octanol–water partition coefficient (Wildman–Crippen LogP) is 3.03. The molecule has 0 saturated carbocycles. The minimum absolute atomic E-state index is 0.179. The van der Waals surface area contributed by atoms with Gasteiger partial charge in [-0.1, -0.05) is 0 Å². The number of anilines is 2. The molecule has 178 valence electrons. The maximum absolute atomic E-state index is 11.8. The van der Waals surface area contributed by atoms with Gasteiger partial charge in [0.1, 0.15) is 11.4 Å². The molecular formula is C24H33N5O4. The number of carbonyl (C=O) groups is 1. The topological polar surface area (TPSA) is 109 Å². The molecule has 1 fully saturated rings. The second-order valence-corrected chi connectivity index (χ2v) is 8.95. The molecule has 1 aromatic carbocycles. The van der Waals surface area contributed by atoms with Crippen LogP contribution in [0.2, 0.25) is 0 Å². The fourth-order valence-electron chi connectivity index (χ4n) is 4.51. The van der Waals surface area contributed by atoms with Gasteiger partial charge >= 0.3 is 6.03 Å². The van der Waals surface area contributed by atoms with E-state index in [1.165, 1.54) is 0 Å². The number of benzene rings is 1. The summed E-state index contributed by atoms with van der Waals surface area (Å²) in [5.74, 6) is 1.46. The molecule has 33 heavy (non-hydrogen) atoms. The lowest BCUT2D eigenvalue weighted by Crippen LogP contribution is -2.44. The summed E-state index contributed by atoms with van der Waals surface area (Å²) in [5.41, 5.74) is 2.64. The Labute approximate surface area is 194 Å². The molecule has 2 aromatic rings. The quantitative estimate of drug-likeness (QED) is 0.614. The van der Waals surface area contributed by atoms with Crippen molar-refractivity contribution in [3.63, 3.8) is 0 Å². The first-order valence-electron chi connectivity index (χ1n) is 11.5. The molecule has 0 bridgehead atoms. The largest absolute Gasteiger partial charge is 0.393 e. The van der Waals surface area contributed by atoms with Crippen LogP contribution >= 0.6 is 0 Å². The van der Waals surface area contributed by atoms with Crippen molar-refractivity contribution in [3.05, 3.63) is 35.5 Å². The van der Waals surface area contributed by atoms with Gasteiger partial charge in [0, 0.05) is 36.3 Å². The number of nitrogens with one attached hydrogen (secondary N) is 2. The Morgan fingerprint density at radius 1 is 1.33 bits per heavy atom. The number of urea groups is 1. The van der Waals surface area contributed by atoms with Gasteiger partial charge in [0.25, 0.3) is 0 Å². The Kier molecular flexibility index (Phi) is 6.83. The number of ether oxygens (including phenoxy) is 2. The number of nitrogens with zero attached hydrogens (tertiary/aromatic N) is 3. The number of aliphatic hydroxyl groups is 1. The van der Waals surface area contributed by atoms with E-state index in [9.17, 15) is 9.90 Å². The molecule has 2 unspecified atom stereocenters. The number of hydrogen-bond acceptors (Lipinski definition) is 7. The molecule has 9 nitrogen and oxygen atoms in total. The maximum atomic E-state index is 11.8. The highest BCUT2D eigenvalue weighted by molar-refractivity contribution is 5.89. The van der Waals surface area contributed by atoms with Crippen LogP contribution in [-0.4, -0.2) is 59.6 Å². The number of morpholine rings is 1. The first-order valence-corrected chi connectivity index (χ1v) is 11.5. The Morgan fingerprint density at radius 3 is 2.76 bits per heavy atom. The van der Waals surface area contributed by atoms with E-state index in [0.29, 0.717) is 44.3 Å². The molecule has 3 heterocycles. The van der Waals surface area contributed by atoms with E-state index in [1.54, 1.807) is 6.92 Å². The van der Waals surface area contributed by atoms with Crippen LogP contribution < -0.4 is 15.5 Å². The zero-order valence-electron chi connectivity index (χ0n) is 19.7. The molecule has 0 spiro atoms. The molecule has 2 aliphatic heterocycles. The summed E-state index contributed by atoms with van der Waals surface area (Å²) in [6.45, 7) is 10.7. The lowest BCUT2D eigenvalue weighted by atomic mass is 9.93.